The molecule has 0 saturated heterocycles. The van der Waals surface area contributed by atoms with E-state index in [1.807, 2.05) is 0 Å². The molecule has 2 heterocycles. The molecule has 2 rings (SSSR count). The maximum Gasteiger partial charge on any atom is 0.417 e. The lowest BCUT2D eigenvalue weighted by molar-refractivity contribution is -0.138. The molecule has 0 N–H and O–H groups in total. The van der Waals surface area contributed by atoms with Crippen LogP contribution >= 0.6 is 27.3 Å². The highest BCUT2D eigenvalue weighted by Crippen LogP contribution is 2.28. The Bertz CT molecular complexity index is 705. The predicted molar refractivity (Wildman–Crippen MR) is 72.1 cm³/mol. The molecule has 0 aliphatic carbocycles. The quantitative estimate of drug-likeness (QED) is 0.780. The fraction of sp³-hybridized carbons (Fsp3) is 0.167. The summed E-state index contributed by atoms with van der Waals surface area (Å²) in [4.78, 5) is 23.8. The molecular formula is C12H7BrF3NO2S. The molecule has 20 heavy (non-hydrogen) atoms. The van der Waals surface area contributed by atoms with Crippen LogP contribution < -0.4 is 5.56 Å². The van der Waals surface area contributed by atoms with Crippen molar-refractivity contribution in [2.45, 2.75) is 12.7 Å². The Morgan fingerprint density at radius 3 is 2.55 bits per heavy atom. The van der Waals surface area contributed by atoms with E-state index < -0.39 is 29.6 Å². The van der Waals surface area contributed by atoms with Gasteiger partial charge in [0.25, 0.3) is 5.56 Å². The van der Waals surface area contributed by atoms with Crippen LogP contribution in [0.2, 0.25) is 0 Å². The third-order valence-corrected chi connectivity index (χ3v) is 4.37. The molecule has 0 aliphatic rings. The van der Waals surface area contributed by atoms with Crippen molar-refractivity contribution in [3.05, 3.63) is 55.0 Å². The van der Waals surface area contributed by atoms with Gasteiger partial charge in [-0.05, 0) is 33.4 Å². The maximum atomic E-state index is 12.6. The molecule has 0 unspecified atom stereocenters. The Kier molecular flexibility index (Phi) is 4.14. The first kappa shape index (κ1) is 15.0. The summed E-state index contributed by atoms with van der Waals surface area (Å²) in [5, 5.41) is 1.67. The number of pyridine rings is 1. The third kappa shape index (κ3) is 3.18. The van der Waals surface area contributed by atoms with Crippen LogP contribution in [0, 0.1) is 0 Å². The summed E-state index contributed by atoms with van der Waals surface area (Å²) in [6, 6.07) is 3.16. The summed E-state index contributed by atoms with van der Waals surface area (Å²) in [6.45, 7) is -0.429. The lowest BCUT2D eigenvalue weighted by atomic mass is 10.2. The number of nitrogens with zero attached hydrogens (tertiary/aromatic N) is 1. The van der Waals surface area contributed by atoms with Crippen LogP contribution in [0.1, 0.15) is 15.2 Å². The van der Waals surface area contributed by atoms with Crippen LogP contribution in [0.25, 0.3) is 0 Å². The van der Waals surface area contributed by atoms with Crippen LogP contribution in [0.3, 0.4) is 0 Å². The number of ketones is 1. The van der Waals surface area contributed by atoms with Gasteiger partial charge in [0.1, 0.15) is 0 Å². The van der Waals surface area contributed by atoms with E-state index >= 15 is 0 Å². The second kappa shape index (κ2) is 5.53. The zero-order chi connectivity index (χ0) is 14.9. The Labute approximate surface area is 123 Å². The van der Waals surface area contributed by atoms with Gasteiger partial charge in [-0.2, -0.15) is 13.2 Å². The number of aromatic nitrogens is 1. The molecule has 0 radical (unpaired) electrons. The van der Waals surface area contributed by atoms with E-state index in [2.05, 4.69) is 15.9 Å². The summed E-state index contributed by atoms with van der Waals surface area (Å²) in [7, 11) is 0. The molecule has 2 aromatic heterocycles. The van der Waals surface area contributed by atoms with Crippen LogP contribution in [0.4, 0.5) is 13.2 Å². The smallest absolute Gasteiger partial charge is 0.307 e. The van der Waals surface area contributed by atoms with E-state index in [1.54, 1.807) is 11.4 Å². The van der Waals surface area contributed by atoms with Crippen molar-refractivity contribution in [3.8, 4) is 0 Å². The molecule has 2 aromatic rings. The van der Waals surface area contributed by atoms with Crippen molar-refractivity contribution in [3.63, 3.8) is 0 Å². The lowest BCUT2D eigenvalue weighted by Crippen LogP contribution is -2.24. The SMILES string of the molecule is O=C(Cn1cc(C(F)(F)F)ccc1=O)c1sccc1Br. The Balaban J connectivity index is 2.32. The van der Waals surface area contributed by atoms with Crippen molar-refractivity contribution in [2.24, 2.45) is 0 Å². The average Bonchev–Trinajstić information content (AvgIpc) is 2.77. The molecule has 0 saturated carbocycles. The molecule has 106 valence electrons. The summed E-state index contributed by atoms with van der Waals surface area (Å²) >= 11 is 4.33. The molecule has 0 spiro atoms. The van der Waals surface area contributed by atoms with E-state index in [0.29, 0.717) is 21.6 Å². The number of hydrogen-bond acceptors (Lipinski definition) is 3. The number of carbonyl (C=O) groups excluding carboxylic acids is 1. The number of hydrogen-bond donors (Lipinski definition) is 0. The van der Waals surface area contributed by atoms with Crippen molar-refractivity contribution >= 4 is 33.0 Å². The summed E-state index contributed by atoms with van der Waals surface area (Å²) in [5.74, 6) is -0.423. The van der Waals surface area contributed by atoms with Gasteiger partial charge in [-0.25, -0.2) is 0 Å². The molecule has 0 bridgehead atoms. The van der Waals surface area contributed by atoms with Gasteiger partial charge in [-0.3, -0.25) is 9.59 Å². The number of halogens is 4. The normalized spacial score (nSPS) is 11.6. The number of carbonyl (C=O) groups is 1. The molecule has 0 aliphatic heterocycles. The molecule has 8 heteroatoms. The van der Waals surface area contributed by atoms with Crippen LogP contribution in [0.5, 0.6) is 0 Å². The number of alkyl halides is 3. The lowest BCUT2D eigenvalue weighted by Gasteiger charge is -2.09. The van der Waals surface area contributed by atoms with Crippen molar-refractivity contribution in [1.29, 1.82) is 0 Å². The summed E-state index contributed by atoms with van der Waals surface area (Å²) < 4.78 is 39.0. The first-order valence-electron chi connectivity index (χ1n) is 5.33. The Morgan fingerprint density at radius 1 is 1.30 bits per heavy atom. The highest BCUT2D eigenvalue weighted by atomic mass is 79.9. The standard InChI is InChI=1S/C12H7BrF3NO2S/c13-8-3-4-20-11(8)9(18)6-17-5-7(12(14,15)16)1-2-10(17)19/h1-5H,6H2. The minimum atomic E-state index is -4.55. The fourth-order valence-electron chi connectivity index (χ4n) is 1.54. The zero-order valence-corrected chi connectivity index (χ0v) is 12.2. The van der Waals surface area contributed by atoms with Gasteiger partial charge in [-0.15, -0.1) is 11.3 Å². The minimum Gasteiger partial charge on any atom is -0.307 e. The molecule has 0 atom stereocenters. The van der Waals surface area contributed by atoms with E-state index in [-0.39, 0.29) is 0 Å². The maximum absolute atomic E-state index is 12.6. The number of thiophene rings is 1. The average molecular weight is 366 g/mol. The molecule has 3 nitrogen and oxygen atoms in total. The fourth-order valence-corrected chi connectivity index (χ4v) is 3.07. The summed E-state index contributed by atoms with van der Waals surface area (Å²) in [6.07, 6.45) is -3.90. The monoisotopic (exact) mass is 365 g/mol. The van der Waals surface area contributed by atoms with E-state index in [0.717, 1.165) is 22.0 Å². The predicted octanol–water partition coefficient (Wildman–Crippen LogP) is 3.57. The zero-order valence-electron chi connectivity index (χ0n) is 9.78. The highest BCUT2D eigenvalue weighted by Gasteiger charge is 2.31. The Morgan fingerprint density at radius 2 is 2.00 bits per heavy atom. The van der Waals surface area contributed by atoms with E-state index in [9.17, 15) is 22.8 Å². The van der Waals surface area contributed by atoms with Crippen molar-refractivity contribution in [1.82, 2.24) is 4.57 Å². The second-order valence-corrected chi connectivity index (χ2v) is 5.67. The van der Waals surface area contributed by atoms with Gasteiger partial charge in [0, 0.05) is 16.7 Å². The largest absolute Gasteiger partial charge is 0.417 e. The van der Waals surface area contributed by atoms with E-state index in [4.69, 9.17) is 0 Å². The minimum absolute atomic E-state index is 0.370. The second-order valence-electron chi connectivity index (χ2n) is 3.90. The van der Waals surface area contributed by atoms with Gasteiger partial charge in [-0.1, -0.05) is 0 Å². The Hall–Kier alpha value is -1.41. The van der Waals surface area contributed by atoms with Crippen molar-refractivity contribution < 1.29 is 18.0 Å². The molecular weight excluding hydrogens is 359 g/mol. The molecule has 0 aromatic carbocycles. The van der Waals surface area contributed by atoms with Gasteiger partial charge in [0.05, 0.1) is 17.0 Å². The van der Waals surface area contributed by atoms with Gasteiger partial charge >= 0.3 is 6.18 Å². The van der Waals surface area contributed by atoms with Crippen LogP contribution in [-0.4, -0.2) is 10.4 Å². The van der Waals surface area contributed by atoms with Crippen molar-refractivity contribution in [2.75, 3.05) is 0 Å². The summed E-state index contributed by atoms with van der Waals surface area (Å²) in [5.41, 5.74) is -1.62. The van der Waals surface area contributed by atoms with Crippen LogP contribution in [-0.2, 0) is 12.7 Å². The van der Waals surface area contributed by atoms with Gasteiger partial charge in [0.15, 0.2) is 5.78 Å². The molecule has 0 fully saturated rings. The number of rotatable bonds is 3. The van der Waals surface area contributed by atoms with Gasteiger partial charge < -0.3 is 4.57 Å². The first-order valence-corrected chi connectivity index (χ1v) is 7.00. The molecule has 0 amide bonds. The highest BCUT2D eigenvalue weighted by molar-refractivity contribution is 9.10. The van der Waals surface area contributed by atoms with E-state index in [1.165, 1.54) is 0 Å². The third-order valence-electron chi connectivity index (χ3n) is 2.50. The van der Waals surface area contributed by atoms with Crippen LogP contribution in [0.15, 0.2) is 39.0 Å². The topological polar surface area (TPSA) is 39.1 Å². The number of Topliss-reactive ketones (excluding diaryl/α,β-unsaturated/α-hetero) is 1. The first-order chi connectivity index (χ1) is 9.29. The van der Waals surface area contributed by atoms with Gasteiger partial charge in [0.2, 0.25) is 0 Å².